The van der Waals surface area contributed by atoms with Crippen molar-refractivity contribution in [3.8, 4) is 0 Å². The summed E-state index contributed by atoms with van der Waals surface area (Å²) in [6, 6.07) is 5.43. The summed E-state index contributed by atoms with van der Waals surface area (Å²) in [7, 11) is 0. The van der Waals surface area contributed by atoms with E-state index in [2.05, 4.69) is 10.6 Å². The van der Waals surface area contributed by atoms with Gasteiger partial charge in [-0.2, -0.15) is 0 Å². The highest BCUT2D eigenvalue weighted by atomic mass is 35.5. The first kappa shape index (κ1) is 14.2. The minimum atomic E-state index is -0.00704. The molecule has 1 aromatic rings. The monoisotopic (exact) mass is 282 g/mol. The molecule has 1 fully saturated rings. The molecule has 1 amide bonds. The Morgan fingerprint density at radius 2 is 2.37 bits per heavy atom. The first-order valence-electron chi connectivity index (χ1n) is 6.64. The van der Waals surface area contributed by atoms with Crippen molar-refractivity contribution in [3.05, 3.63) is 23.2 Å². The summed E-state index contributed by atoms with van der Waals surface area (Å²) in [6.07, 6.45) is 2.91. The van der Waals surface area contributed by atoms with E-state index in [0.29, 0.717) is 11.4 Å². The van der Waals surface area contributed by atoms with Crippen LogP contribution in [0.5, 0.6) is 0 Å². The minimum Gasteiger partial charge on any atom is -0.381 e. The molecule has 0 saturated carbocycles. The van der Waals surface area contributed by atoms with Gasteiger partial charge in [-0.25, -0.2) is 0 Å². The van der Waals surface area contributed by atoms with Crippen LogP contribution in [0.2, 0.25) is 5.02 Å². The Morgan fingerprint density at radius 3 is 3.05 bits per heavy atom. The molecule has 1 aliphatic rings. The highest BCUT2D eigenvalue weighted by molar-refractivity contribution is 6.33. The van der Waals surface area contributed by atoms with Crippen LogP contribution < -0.4 is 10.6 Å². The lowest BCUT2D eigenvalue weighted by atomic mass is 10.2. The summed E-state index contributed by atoms with van der Waals surface area (Å²) in [4.78, 5) is 11.4. The fourth-order valence-electron chi connectivity index (χ4n) is 2.02. The lowest BCUT2D eigenvalue weighted by molar-refractivity contribution is -0.115. The van der Waals surface area contributed by atoms with Gasteiger partial charge < -0.3 is 15.4 Å². The summed E-state index contributed by atoms with van der Waals surface area (Å²) in [5, 5.41) is 6.74. The molecule has 0 radical (unpaired) electrons. The molecule has 0 aromatic heterocycles. The van der Waals surface area contributed by atoms with Crippen molar-refractivity contribution in [2.24, 2.45) is 0 Å². The molecule has 0 bridgehead atoms. The van der Waals surface area contributed by atoms with Gasteiger partial charge in [0.2, 0.25) is 5.91 Å². The Labute approximate surface area is 118 Å². The van der Waals surface area contributed by atoms with Gasteiger partial charge in [0.05, 0.1) is 16.8 Å². The van der Waals surface area contributed by atoms with E-state index in [1.807, 2.05) is 13.0 Å². The molecule has 104 valence electrons. The number of halogens is 1. The van der Waals surface area contributed by atoms with Crippen LogP contribution in [-0.2, 0) is 9.53 Å². The Hall–Kier alpha value is -1.26. The predicted octanol–water partition coefficient (Wildman–Crippen LogP) is 3.28. The molecule has 2 rings (SSSR count). The maximum absolute atomic E-state index is 11.4. The van der Waals surface area contributed by atoms with Gasteiger partial charge in [0.15, 0.2) is 0 Å². The van der Waals surface area contributed by atoms with Crippen LogP contribution in [0.4, 0.5) is 11.4 Å². The molecule has 2 N–H and O–H groups in total. The largest absolute Gasteiger partial charge is 0.381 e. The summed E-state index contributed by atoms with van der Waals surface area (Å²) in [5.41, 5.74) is 1.58. The molecule has 1 atom stereocenters. The van der Waals surface area contributed by atoms with Gasteiger partial charge in [-0.15, -0.1) is 0 Å². The van der Waals surface area contributed by atoms with Gasteiger partial charge in [-0.3, -0.25) is 4.79 Å². The summed E-state index contributed by atoms with van der Waals surface area (Å²) in [6.45, 7) is 3.40. The molecule has 1 heterocycles. The number of amides is 1. The highest BCUT2D eigenvalue weighted by Crippen LogP contribution is 2.26. The second-order valence-corrected chi connectivity index (χ2v) is 5.02. The lowest BCUT2D eigenvalue weighted by Crippen LogP contribution is -2.18. The third-order valence-corrected chi connectivity index (χ3v) is 3.44. The molecular weight excluding hydrogens is 264 g/mol. The Kier molecular flexibility index (Phi) is 5.05. The van der Waals surface area contributed by atoms with Gasteiger partial charge >= 0.3 is 0 Å². The van der Waals surface area contributed by atoms with E-state index in [1.165, 1.54) is 0 Å². The number of nitrogens with one attached hydrogen (secondary N) is 2. The molecule has 0 aliphatic carbocycles. The molecule has 19 heavy (non-hydrogen) atoms. The van der Waals surface area contributed by atoms with Gasteiger partial charge in [-0.05, 0) is 31.0 Å². The molecule has 1 aliphatic heterocycles. The van der Waals surface area contributed by atoms with Gasteiger partial charge in [0.25, 0.3) is 0 Å². The van der Waals surface area contributed by atoms with Crippen LogP contribution in [0.3, 0.4) is 0 Å². The van der Waals surface area contributed by atoms with Crippen LogP contribution in [0.1, 0.15) is 26.2 Å². The number of rotatable bonds is 5. The minimum absolute atomic E-state index is 0.00704. The topological polar surface area (TPSA) is 50.4 Å². The second-order valence-electron chi connectivity index (χ2n) is 4.61. The van der Waals surface area contributed by atoms with Crippen molar-refractivity contribution < 1.29 is 9.53 Å². The smallest absolute Gasteiger partial charge is 0.224 e. The summed E-state index contributed by atoms with van der Waals surface area (Å²) < 4.78 is 5.55. The van der Waals surface area contributed by atoms with Crippen LogP contribution in [-0.4, -0.2) is 25.2 Å². The summed E-state index contributed by atoms with van der Waals surface area (Å²) >= 11 is 6.14. The SMILES string of the molecule is CCC(=O)Nc1ccc(Cl)c(NCC2CCCO2)c1. The highest BCUT2D eigenvalue weighted by Gasteiger charge is 2.15. The number of hydrogen-bond acceptors (Lipinski definition) is 3. The molecule has 5 heteroatoms. The van der Waals surface area contributed by atoms with Crippen molar-refractivity contribution >= 4 is 28.9 Å². The second kappa shape index (κ2) is 6.78. The Morgan fingerprint density at radius 1 is 1.53 bits per heavy atom. The normalized spacial score (nSPS) is 18.3. The number of carbonyl (C=O) groups is 1. The van der Waals surface area contributed by atoms with E-state index in [0.717, 1.165) is 37.4 Å². The number of hydrogen-bond donors (Lipinski definition) is 2. The van der Waals surface area contributed by atoms with Gasteiger partial charge in [0, 0.05) is 25.3 Å². The molecule has 0 spiro atoms. The first-order chi connectivity index (χ1) is 9.19. The first-order valence-corrected chi connectivity index (χ1v) is 7.01. The zero-order valence-electron chi connectivity index (χ0n) is 11.0. The zero-order chi connectivity index (χ0) is 13.7. The third kappa shape index (κ3) is 4.11. The number of benzene rings is 1. The Balaban J connectivity index is 1.97. The van der Waals surface area contributed by atoms with Crippen LogP contribution in [0.15, 0.2) is 18.2 Å². The van der Waals surface area contributed by atoms with Gasteiger partial charge in [-0.1, -0.05) is 18.5 Å². The van der Waals surface area contributed by atoms with Gasteiger partial charge in [0.1, 0.15) is 0 Å². The molecule has 1 unspecified atom stereocenters. The average molecular weight is 283 g/mol. The zero-order valence-corrected chi connectivity index (χ0v) is 11.8. The van der Waals surface area contributed by atoms with Crippen LogP contribution in [0, 0.1) is 0 Å². The predicted molar refractivity (Wildman–Crippen MR) is 77.8 cm³/mol. The summed E-state index contributed by atoms with van der Waals surface area (Å²) in [5.74, 6) is -0.00704. The number of ether oxygens (including phenoxy) is 1. The number of carbonyl (C=O) groups excluding carboxylic acids is 1. The van der Waals surface area contributed by atoms with E-state index >= 15 is 0 Å². The standard InChI is InChI=1S/C14H19ClN2O2/c1-2-14(18)17-10-5-6-12(15)13(8-10)16-9-11-4-3-7-19-11/h5-6,8,11,16H,2-4,7,9H2,1H3,(H,17,18). The van der Waals surface area contributed by atoms with Crippen molar-refractivity contribution in [2.75, 3.05) is 23.8 Å². The van der Waals surface area contributed by atoms with E-state index in [4.69, 9.17) is 16.3 Å². The fourth-order valence-corrected chi connectivity index (χ4v) is 2.20. The molecular formula is C14H19ClN2O2. The van der Waals surface area contributed by atoms with Crippen LogP contribution >= 0.6 is 11.6 Å². The van der Waals surface area contributed by atoms with E-state index in [1.54, 1.807) is 12.1 Å². The van der Waals surface area contributed by atoms with Crippen LogP contribution in [0.25, 0.3) is 0 Å². The Bertz CT molecular complexity index is 445. The van der Waals surface area contributed by atoms with E-state index in [9.17, 15) is 4.79 Å². The molecule has 4 nitrogen and oxygen atoms in total. The average Bonchev–Trinajstić information content (AvgIpc) is 2.92. The van der Waals surface area contributed by atoms with E-state index in [-0.39, 0.29) is 12.0 Å². The lowest BCUT2D eigenvalue weighted by Gasteiger charge is -2.14. The quantitative estimate of drug-likeness (QED) is 0.871. The third-order valence-electron chi connectivity index (χ3n) is 3.12. The van der Waals surface area contributed by atoms with Crippen molar-refractivity contribution in [3.63, 3.8) is 0 Å². The number of anilines is 2. The maximum Gasteiger partial charge on any atom is 0.224 e. The molecule has 1 saturated heterocycles. The van der Waals surface area contributed by atoms with Crippen molar-refractivity contribution in [1.29, 1.82) is 0 Å². The van der Waals surface area contributed by atoms with E-state index < -0.39 is 0 Å². The fraction of sp³-hybridized carbons (Fsp3) is 0.500. The maximum atomic E-state index is 11.4. The molecule has 1 aromatic carbocycles. The van der Waals surface area contributed by atoms with Crippen molar-refractivity contribution in [2.45, 2.75) is 32.3 Å². The van der Waals surface area contributed by atoms with Crippen molar-refractivity contribution in [1.82, 2.24) is 0 Å².